The third-order valence-electron chi connectivity index (χ3n) is 5.36. The summed E-state index contributed by atoms with van der Waals surface area (Å²) in [4.78, 5) is 33.4. The summed E-state index contributed by atoms with van der Waals surface area (Å²) in [5, 5.41) is 0. The number of hydrogen-bond acceptors (Lipinski definition) is 3. The largest absolute Gasteiger partial charge is 0.336 e. The number of aromatic nitrogens is 1. The fraction of sp³-hybridized carbons (Fsp3) is 0.632. The van der Waals surface area contributed by atoms with E-state index in [0.29, 0.717) is 11.3 Å². The van der Waals surface area contributed by atoms with Crippen LogP contribution in [0.5, 0.6) is 0 Å². The van der Waals surface area contributed by atoms with Crippen molar-refractivity contribution in [3.05, 3.63) is 29.6 Å². The van der Waals surface area contributed by atoms with Crippen LogP contribution in [0.25, 0.3) is 0 Å². The van der Waals surface area contributed by atoms with Gasteiger partial charge in [-0.2, -0.15) is 0 Å². The zero-order valence-electron chi connectivity index (χ0n) is 14.7. The Morgan fingerprint density at radius 3 is 2.00 bits per heavy atom. The summed E-state index contributed by atoms with van der Waals surface area (Å²) in [6.07, 6.45) is 8.15. The lowest BCUT2D eigenvalue weighted by molar-refractivity contribution is 0.0618. The van der Waals surface area contributed by atoms with Crippen molar-refractivity contribution >= 4 is 11.8 Å². The highest BCUT2D eigenvalue weighted by atomic mass is 16.2. The van der Waals surface area contributed by atoms with Gasteiger partial charge in [0.15, 0.2) is 0 Å². The van der Waals surface area contributed by atoms with Crippen LogP contribution in [-0.2, 0) is 0 Å². The number of carbonyl (C=O) groups excluding carboxylic acids is 2. The first-order valence-corrected chi connectivity index (χ1v) is 9.16. The van der Waals surface area contributed by atoms with E-state index < -0.39 is 0 Å². The molecule has 0 aliphatic carbocycles. The molecular weight excluding hydrogens is 302 g/mol. The maximum atomic E-state index is 12.6. The van der Waals surface area contributed by atoms with Crippen LogP contribution in [0.2, 0.25) is 0 Å². The van der Waals surface area contributed by atoms with Crippen LogP contribution >= 0.6 is 0 Å². The quantitative estimate of drug-likeness (QED) is 0.838. The van der Waals surface area contributed by atoms with E-state index in [9.17, 15) is 9.59 Å². The molecule has 130 valence electrons. The van der Waals surface area contributed by atoms with Crippen molar-refractivity contribution in [2.45, 2.75) is 64.5 Å². The van der Waals surface area contributed by atoms with Crippen molar-refractivity contribution in [2.75, 3.05) is 13.1 Å². The third-order valence-corrected chi connectivity index (χ3v) is 5.36. The molecule has 0 unspecified atom stereocenters. The fourth-order valence-corrected chi connectivity index (χ4v) is 3.76. The average Bonchev–Trinajstić information content (AvgIpc) is 2.61. The van der Waals surface area contributed by atoms with Crippen molar-refractivity contribution in [1.29, 1.82) is 0 Å². The Hall–Kier alpha value is -1.91. The molecule has 2 saturated heterocycles. The Morgan fingerprint density at radius 1 is 0.917 bits per heavy atom. The highest BCUT2D eigenvalue weighted by Crippen LogP contribution is 2.21. The van der Waals surface area contributed by atoms with Crippen LogP contribution in [0.3, 0.4) is 0 Å². The van der Waals surface area contributed by atoms with E-state index in [1.807, 2.05) is 9.80 Å². The molecule has 24 heavy (non-hydrogen) atoms. The summed E-state index contributed by atoms with van der Waals surface area (Å²) in [6.45, 7) is 5.80. The molecule has 0 spiro atoms. The van der Waals surface area contributed by atoms with Gasteiger partial charge in [-0.05, 0) is 64.5 Å². The Labute approximate surface area is 144 Å². The van der Waals surface area contributed by atoms with Crippen LogP contribution in [0.15, 0.2) is 18.3 Å². The van der Waals surface area contributed by atoms with E-state index >= 15 is 0 Å². The van der Waals surface area contributed by atoms with Crippen molar-refractivity contribution < 1.29 is 9.59 Å². The van der Waals surface area contributed by atoms with Gasteiger partial charge < -0.3 is 9.80 Å². The van der Waals surface area contributed by atoms with Crippen molar-refractivity contribution in [3.8, 4) is 0 Å². The summed E-state index contributed by atoms with van der Waals surface area (Å²) in [6, 6.07) is 4.00. The lowest BCUT2D eigenvalue weighted by atomic mass is 10.0. The molecule has 0 aromatic carbocycles. The molecule has 3 rings (SSSR count). The number of carbonyl (C=O) groups is 2. The Morgan fingerprint density at radius 2 is 1.50 bits per heavy atom. The van der Waals surface area contributed by atoms with Crippen molar-refractivity contribution in [3.63, 3.8) is 0 Å². The Kier molecular flexibility index (Phi) is 5.17. The lowest BCUT2D eigenvalue weighted by Crippen LogP contribution is -2.43. The SMILES string of the molecule is C[C@H]1CCCCN1C(=O)c1ccc(C(=O)N2CCCC[C@@H]2C)nc1. The molecule has 2 fully saturated rings. The smallest absolute Gasteiger partial charge is 0.272 e. The number of piperidine rings is 2. The highest BCUT2D eigenvalue weighted by molar-refractivity contribution is 5.96. The molecular formula is C19H27N3O2. The highest BCUT2D eigenvalue weighted by Gasteiger charge is 2.27. The summed E-state index contributed by atoms with van der Waals surface area (Å²) >= 11 is 0. The molecule has 1 aromatic heterocycles. The number of likely N-dealkylation sites (tertiary alicyclic amines) is 2. The zero-order valence-corrected chi connectivity index (χ0v) is 14.7. The van der Waals surface area contributed by atoms with E-state index in [0.717, 1.165) is 38.8 Å². The van der Waals surface area contributed by atoms with Gasteiger partial charge in [-0.3, -0.25) is 14.6 Å². The maximum Gasteiger partial charge on any atom is 0.272 e. The number of hydrogen-bond donors (Lipinski definition) is 0. The molecule has 2 aliphatic heterocycles. The number of nitrogens with zero attached hydrogens (tertiary/aromatic N) is 3. The van der Waals surface area contributed by atoms with Gasteiger partial charge in [-0.25, -0.2) is 0 Å². The van der Waals surface area contributed by atoms with Crippen LogP contribution in [0.4, 0.5) is 0 Å². The van der Waals surface area contributed by atoms with Crippen LogP contribution in [0, 0.1) is 0 Å². The van der Waals surface area contributed by atoms with E-state index in [1.165, 1.54) is 12.8 Å². The molecule has 5 nitrogen and oxygen atoms in total. The molecule has 1 aromatic rings. The predicted octanol–water partition coefficient (Wildman–Crippen LogP) is 3.11. The van der Waals surface area contributed by atoms with E-state index in [4.69, 9.17) is 0 Å². The van der Waals surface area contributed by atoms with Gasteiger partial charge >= 0.3 is 0 Å². The van der Waals surface area contributed by atoms with Gasteiger partial charge in [0.1, 0.15) is 5.69 Å². The third kappa shape index (κ3) is 3.45. The Bertz CT molecular complexity index is 546. The van der Waals surface area contributed by atoms with Crippen LogP contribution in [-0.4, -0.2) is 51.8 Å². The van der Waals surface area contributed by atoms with E-state index in [-0.39, 0.29) is 23.9 Å². The van der Waals surface area contributed by atoms with E-state index in [1.54, 1.807) is 18.3 Å². The lowest BCUT2D eigenvalue weighted by Gasteiger charge is -2.34. The van der Waals surface area contributed by atoms with Crippen LogP contribution in [0.1, 0.15) is 73.2 Å². The minimum atomic E-state index is -0.0208. The minimum absolute atomic E-state index is 0.0208. The zero-order chi connectivity index (χ0) is 17.1. The van der Waals surface area contributed by atoms with Gasteiger partial charge in [0.2, 0.25) is 0 Å². The van der Waals surface area contributed by atoms with Gasteiger partial charge in [-0.15, -0.1) is 0 Å². The summed E-state index contributed by atoms with van der Waals surface area (Å²) in [7, 11) is 0. The minimum Gasteiger partial charge on any atom is -0.336 e. The second-order valence-corrected chi connectivity index (χ2v) is 7.12. The fourth-order valence-electron chi connectivity index (χ4n) is 3.76. The predicted molar refractivity (Wildman–Crippen MR) is 92.9 cm³/mol. The number of pyridine rings is 1. The first kappa shape index (κ1) is 16.9. The molecule has 2 amide bonds. The van der Waals surface area contributed by atoms with Gasteiger partial charge in [0.25, 0.3) is 11.8 Å². The molecule has 2 aliphatic rings. The number of amides is 2. The second kappa shape index (κ2) is 7.32. The summed E-state index contributed by atoms with van der Waals surface area (Å²) < 4.78 is 0. The standard InChI is InChI=1S/C19H27N3O2/c1-14-7-3-5-11-21(14)18(23)16-9-10-17(20-13-16)19(24)22-12-6-4-8-15(22)2/h9-10,13-15H,3-8,11-12H2,1-2H3/t14-,15-/m0/s1. The molecule has 0 bridgehead atoms. The molecule has 0 saturated carbocycles. The van der Waals surface area contributed by atoms with Gasteiger partial charge in [0, 0.05) is 31.4 Å². The first-order valence-electron chi connectivity index (χ1n) is 9.16. The van der Waals surface area contributed by atoms with Gasteiger partial charge in [-0.1, -0.05) is 0 Å². The van der Waals surface area contributed by atoms with Crippen LogP contribution < -0.4 is 0 Å². The normalized spacial score (nSPS) is 24.8. The Balaban J connectivity index is 1.70. The second-order valence-electron chi connectivity index (χ2n) is 7.12. The molecule has 5 heteroatoms. The summed E-state index contributed by atoms with van der Waals surface area (Å²) in [5.74, 6) is 0.00702. The number of rotatable bonds is 2. The first-order chi connectivity index (χ1) is 11.6. The van der Waals surface area contributed by atoms with Crippen molar-refractivity contribution in [1.82, 2.24) is 14.8 Å². The maximum absolute atomic E-state index is 12.6. The van der Waals surface area contributed by atoms with E-state index in [2.05, 4.69) is 18.8 Å². The molecule has 0 radical (unpaired) electrons. The molecule has 2 atom stereocenters. The summed E-state index contributed by atoms with van der Waals surface area (Å²) in [5.41, 5.74) is 1.01. The molecule has 3 heterocycles. The monoisotopic (exact) mass is 329 g/mol. The van der Waals surface area contributed by atoms with Crippen molar-refractivity contribution in [2.24, 2.45) is 0 Å². The topological polar surface area (TPSA) is 53.5 Å². The molecule has 0 N–H and O–H groups in total. The average molecular weight is 329 g/mol. The van der Waals surface area contributed by atoms with Gasteiger partial charge in [0.05, 0.1) is 5.56 Å².